The van der Waals surface area contributed by atoms with Crippen molar-refractivity contribution in [3.05, 3.63) is 36.4 Å². The quantitative estimate of drug-likeness (QED) is 0.453. The predicted molar refractivity (Wildman–Crippen MR) is 73.1 cm³/mol. The van der Waals surface area contributed by atoms with Gasteiger partial charge in [-0.15, -0.1) is 6.58 Å². The van der Waals surface area contributed by atoms with Crippen LogP contribution in [0, 0.1) is 0 Å². The topological polar surface area (TPSA) is 68.9 Å². The van der Waals surface area contributed by atoms with Crippen LogP contribution < -0.4 is 20.5 Å². The van der Waals surface area contributed by atoms with Crippen LogP contribution in [-0.4, -0.2) is 26.7 Å². The fourth-order valence-electron chi connectivity index (χ4n) is 1.39. The summed E-state index contributed by atoms with van der Waals surface area (Å²) in [6, 6.07) is 5.64. The molecule has 0 saturated carbocycles. The van der Waals surface area contributed by atoms with E-state index >= 15 is 0 Å². The molecule has 0 saturated heterocycles. The molecule has 18 heavy (non-hydrogen) atoms. The van der Waals surface area contributed by atoms with Crippen molar-refractivity contribution >= 4 is 5.96 Å². The highest BCUT2D eigenvalue weighted by molar-refractivity contribution is 5.77. The number of nitrogens with one attached hydrogen (secondary N) is 1. The van der Waals surface area contributed by atoms with Crippen LogP contribution in [0.5, 0.6) is 11.5 Å². The number of hydrogen-bond acceptors (Lipinski definition) is 3. The zero-order valence-electron chi connectivity index (χ0n) is 10.8. The number of hydrogen-bond donors (Lipinski definition) is 2. The van der Waals surface area contributed by atoms with E-state index in [-0.39, 0.29) is 0 Å². The Bertz CT molecular complexity index is 430. The van der Waals surface area contributed by atoms with Crippen LogP contribution in [0.3, 0.4) is 0 Å². The number of nitrogens with zero attached hydrogens (tertiary/aromatic N) is 1. The van der Waals surface area contributed by atoms with Gasteiger partial charge in [0.1, 0.15) is 0 Å². The van der Waals surface area contributed by atoms with Gasteiger partial charge in [0.05, 0.1) is 20.8 Å². The average Bonchev–Trinajstić information content (AvgIpc) is 2.42. The van der Waals surface area contributed by atoms with Crippen LogP contribution in [0.1, 0.15) is 5.56 Å². The first-order valence-corrected chi connectivity index (χ1v) is 5.56. The molecular weight excluding hydrogens is 230 g/mol. The number of benzene rings is 1. The zero-order valence-corrected chi connectivity index (χ0v) is 10.8. The van der Waals surface area contributed by atoms with Gasteiger partial charge in [-0.3, -0.25) is 0 Å². The van der Waals surface area contributed by atoms with Gasteiger partial charge in [-0.2, -0.15) is 0 Å². The van der Waals surface area contributed by atoms with E-state index in [9.17, 15) is 0 Å². The smallest absolute Gasteiger partial charge is 0.189 e. The highest BCUT2D eigenvalue weighted by Gasteiger charge is 2.03. The Morgan fingerprint density at radius 2 is 2.11 bits per heavy atom. The summed E-state index contributed by atoms with van der Waals surface area (Å²) in [6.07, 6.45) is 1.72. The highest BCUT2D eigenvalue weighted by Crippen LogP contribution is 2.27. The number of methoxy groups -OCH3 is 2. The Balaban J connectivity index is 2.70. The second kappa shape index (κ2) is 7.21. The van der Waals surface area contributed by atoms with Gasteiger partial charge in [0.15, 0.2) is 17.5 Å². The summed E-state index contributed by atoms with van der Waals surface area (Å²) in [5, 5.41) is 2.91. The van der Waals surface area contributed by atoms with Gasteiger partial charge < -0.3 is 20.5 Å². The van der Waals surface area contributed by atoms with Gasteiger partial charge >= 0.3 is 0 Å². The monoisotopic (exact) mass is 249 g/mol. The van der Waals surface area contributed by atoms with Crippen molar-refractivity contribution in [2.75, 3.05) is 20.8 Å². The van der Waals surface area contributed by atoms with Crippen molar-refractivity contribution in [2.45, 2.75) is 6.54 Å². The second-order valence-corrected chi connectivity index (χ2v) is 3.56. The lowest BCUT2D eigenvalue weighted by Gasteiger charge is -2.08. The molecule has 0 unspecified atom stereocenters. The molecule has 98 valence electrons. The van der Waals surface area contributed by atoms with E-state index in [4.69, 9.17) is 15.2 Å². The second-order valence-electron chi connectivity index (χ2n) is 3.56. The molecule has 3 N–H and O–H groups in total. The van der Waals surface area contributed by atoms with Crippen LogP contribution in [0.25, 0.3) is 0 Å². The molecule has 1 rings (SSSR count). The predicted octanol–water partition coefficient (Wildman–Crippen LogP) is 1.29. The average molecular weight is 249 g/mol. The number of rotatable bonds is 6. The molecule has 0 radical (unpaired) electrons. The zero-order chi connectivity index (χ0) is 13.4. The van der Waals surface area contributed by atoms with Crippen LogP contribution in [-0.2, 0) is 6.54 Å². The van der Waals surface area contributed by atoms with Crippen molar-refractivity contribution in [2.24, 2.45) is 10.7 Å². The Labute approximate surface area is 107 Å². The normalized spacial score (nSPS) is 10.9. The number of aliphatic imine (C=N–C) groups is 1. The SMILES string of the molecule is C=CCNC(N)=NCc1ccc(OC)c(OC)c1. The van der Waals surface area contributed by atoms with Crippen LogP contribution in [0.2, 0.25) is 0 Å². The minimum Gasteiger partial charge on any atom is -0.493 e. The molecule has 0 aliphatic rings. The Morgan fingerprint density at radius 3 is 2.72 bits per heavy atom. The van der Waals surface area contributed by atoms with Crippen molar-refractivity contribution in [1.82, 2.24) is 5.32 Å². The number of guanidine groups is 1. The maximum Gasteiger partial charge on any atom is 0.189 e. The summed E-state index contributed by atoms with van der Waals surface area (Å²) in [5.41, 5.74) is 6.67. The number of ether oxygens (including phenoxy) is 2. The first-order valence-electron chi connectivity index (χ1n) is 5.56. The van der Waals surface area contributed by atoms with E-state index in [1.165, 1.54) is 0 Å². The van der Waals surface area contributed by atoms with Gasteiger partial charge in [-0.25, -0.2) is 4.99 Å². The summed E-state index contributed by atoms with van der Waals surface area (Å²) < 4.78 is 10.4. The first-order chi connectivity index (χ1) is 8.71. The van der Waals surface area contributed by atoms with Crippen LogP contribution in [0.15, 0.2) is 35.8 Å². The van der Waals surface area contributed by atoms with Gasteiger partial charge in [-0.1, -0.05) is 12.1 Å². The Kier molecular flexibility index (Phi) is 5.57. The van der Waals surface area contributed by atoms with E-state index in [2.05, 4.69) is 16.9 Å². The number of nitrogens with two attached hydrogens (primary N) is 1. The van der Waals surface area contributed by atoms with Gasteiger partial charge in [0.25, 0.3) is 0 Å². The standard InChI is InChI=1S/C13H19N3O2/c1-4-7-15-13(14)16-9-10-5-6-11(17-2)12(8-10)18-3/h4-6,8H,1,7,9H2,2-3H3,(H3,14,15,16). The molecule has 0 amide bonds. The third-order valence-corrected chi connectivity index (χ3v) is 2.31. The first kappa shape index (κ1) is 13.9. The molecule has 0 fully saturated rings. The molecule has 0 spiro atoms. The summed E-state index contributed by atoms with van der Waals surface area (Å²) in [5.74, 6) is 1.77. The van der Waals surface area contributed by atoms with Crippen molar-refractivity contribution in [3.8, 4) is 11.5 Å². The molecule has 5 heteroatoms. The molecule has 0 atom stereocenters. The Morgan fingerprint density at radius 1 is 1.39 bits per heavy atom. The maximum atomic E-state index is 5.67. The summed E-state index contributed by atoms with van der Waals surface area (Å²) in [4.78, 5) is 4.20. The molecule has 0 aliphatic heterocycles. The minimum atomic E-state index is 0.393. The molecule has 1 aromatic carbocycles. The summed E-state index contributed by atoms with van der Waals surface area (Å²) in [6.45, 7) is 4.67. The molecule has 0 heterocycles. The van der Waals surface area contributed by atoms with E-state index in [1.54, 1.807) is 20.3 Å². The van der Waals surface area contributed by atoms with Gasteiger partial charge in [-0.05, 0) is 17.7 Å². The Hall–Kier alpha value is -2.17. The lowest BCUT2D eigenvalue weighted by atomic mass is 10.2. The van der Waals surface area contributed by atoms with Crippen molar-refractivity contribution < 1.29 is 9.47 Å². The van der Waals surface area contributed by atoms with Gasteiger partial charge in [0, 0.05) is 6.54 Å². The van der Waals surface area contributed by atoms with E-state index < -0.39 is 0 Å². The third kappa shape index (κ3) is 4.01. The third-order valence-electron chi connectivity index (χ3n) is 2.31. The molecule has 1 aromatic rings. The van der Waals surface area contributed by atoms with E-state index in [0.717, 1.165) is 5.56 Å². The molecule has 0 aromatic heterocycles. The lowest BCUT2D eigenvalue weighted by Crippen LogP contribution is -2.31. The lowest BCUT2D eigenvalue weighted by molar-refractivity contribution is 0.354. The van der Waals surface area contributed by atoms with E-state index in [1.807, 2.05) is 18.2 Å². The van der Waals surface area contributed by atoms with Crippen LogP contribution >= 0.6 is 0 Å². The molecule has 0 bridgehead atoms. The fourth-order valence-corrected chi connectivity index (χ4v) is 1.39. The van der Waals surface area contributed by atoms with Crippen molar-refractivity contribution in [1.29, 1.82) is 0 Å². The fraction of sp³-hybridized carbons (Fsp3) is 0.308. The maximum absolute atomic E-state index is 5.67. The highest BCUT2D eigenvalue weighted by atomic mass is 16.5. The van der Waals surface area contributed by atoms with Crippen LogP contribution in [0.4, 0.5) is 0 Å². The largest absolute Gasteiger partial charge is 0.493 e. The molecular formula is C13H19N3O2. The van der Waals surface area contributed by atoms with Gasteiger partial charge in [0.2, 0.25) is 0 Å². The van der Waals surface area contributed by atoms with E-state index in [0.29, 0.717) is 30.5 Å². The molecule has 5 nitrogen and oxygen atoms in total. The summed E-state index contributed by atoms with van der Waals surface area (Å²) >= 11 is 0. The van der Waals surface area contributed by atoms with Crippen molar-refractivity contribution in [3.63, 3.8) is 0 Å². The summed E-state index contributed by atoms with van der Waals surface area (Å²) in [7, 11) is 3.21. The minimum absolute atomic E-state index is 0.393. The molecule has 0 aliphatic carbocycles.